The Morgan fingerprint density at radius 2 is 1.32 bits per heavy atom. The number of nitrogens with zero attached hydrogens (tertiary/aromatic N) is 2. The predicted molar refractivity (Wildman–Crippen MR) is 145 cm³/mol. The molecule has 3 aromatic carbocycles. The topological polar surface area (TPSA) is 107 Å². The maximum Gasteiger partial charge on any atom is 0.490 e. The van der Waals surface area contributed by atoms with Crippen molar-refractivity contribution in [1.29, 1.82) is 0 Å². The molecule has 1 aliphatic heterocycles. The Labute approximate surface area is 231 Å². The lowest BCUT2D eigenvalue weighted by atomic mass is 10.0. The Bertz CT molecular complexity index is 1400. The van der Waals surface area contributed by atoms with Gasteiger partial charge in [0.15, 0.2) is 0 Å². The Hall–Kier alpha value is -3.90. The number of piperazine rings is 1. The molecule has 4 rings (SSSR count). The summed E-state index contributed by atoms with van der Waals surface area (Å²) in [5, 5.41) is 7.12. The van der Waals surface area contributed by atoms with Gasteiger partial charge in [-0.15, -0.1) is 0 Å². The number of benzene rings is 3. The molecular weight excluding hydrogens is 547 g/mol. The van der Waals surface area contributed by atoms with Crippen LogP contribution in [0.1, 0.15) is 18.1 Å². The molecule has 1 saturated heterocycles. The number of carbonyl (C=O) groups is 2. The lowest BCUT2D eigenvalue weighted by Crippen LogP contribution is -2.47. The van der Waals surface area contributed by atoms with E-state index < -0.39 is 22.2 Å². The molecule has 0 radical (unpaired) electrons. The highest BCUT2D eigenvalue weighted by Gasteiger charge is 2.38. The summed E-state index contributed by atoms with van der Waals surface area (Å²) < 4.78 is 59.5. The number of amides is 1. The van der Waals surface area contributed by atoms with E-state index in [4.69, 9.17) is 9.90 Å². The average molecular weight is 578 g/mol. The van der Waals surface area contributed by atoms with Gasteiger partial charge in [0.25, 0.3) is 10.0 Å². The number of carboxylic acid groups (broad SMARTS) is 1. The maximum absolute atomic E-state index is 12.6. The quantitative estimate of drug-likeness (QED) is 0.438. The summed E-state index contributed by atoms with van der Waals surface area (Å²) in [6.45, 7) is 7.76. The molecular formula is C28H30F3N3O5S. The molecule has 0 bridgehead atoms. The van der Waals surface area contributed by atoms with Gasteiger partial charge in [-0.25, -0.2) is 13.2 Å². The minimum atomic E-state index is -5.08. The predicted octanol–water partition coefficient (Wildman–Crippen LogP) is 4.76. The number of aryl methyl sites for hydroxylation is 1. The van der Waals surface area contributed by atoms with Gasteiger partial charge in [-0.3, -0.25) is 14.4 Å². The fourth-order valence-electron chi connectivity index (χ4n) is 3.94. The van der Waals surface area contributed by atoms with Gasteiger partial charge in [0.2, 0.25) is 5.91 Å². The average Bonchev–Trinajstić information content (AvgIpc) is 2.90. The molecule has 1 heterocycles. The second-order valence-electron chi connectivity index (χ2n) is 9.28. The molecule has 214 valence electrons. The number of rotatable bonds is 6. The Morgan fingerprint density at radius 1 is 0.850 bits per heavy atom. The molecule has 2 N–H and O–H groups in total. The van der Waals surface area contributed by atoms with E-state index in [0.29, 0.717) is 5.69 Å². The number of sulfonamides is 1. The van der Waals surface area contributed by atoms with E-state index in [1.54, 1.807) is 43.3 Å². The number of halogens is 3. The lowest BCUT2D eigenvalue weighted by Gasteiger charge is -2.34. The van der Waals surface area contributed by atoms with Crippen molar-refractivity contribution in [1.82, 2.24) is 9.80 Å². The van der Waals surface area contributed by atoms with Gasteiger partial charge in [0.1, 0.15) is 0 Å². The molecule has 1 aliphatic rings. The molecule has 0 unspecified atom stereocenters. The van der Waals surface area contributed by atoms with Crippen molar-refractivity contribution in [3.63, 3.8) is 0 Å². The smallest absolute Gasteiger partial charge is 0.475 e. The monoisotopic (exact) mass is 577 g/mol. The number of nitrogens with one attached hydrogen (secondary N) is 1. The number of carbonyl (C=O) groups excluding carboxylic acids is 1. The summed E-state index contributed by atoms with van der Waals surface area (Å²) in [6.07, 6.45) is -5.08. The van der Waals surface area contributed by atoms with Crippen molar-refractivity contribution >= 4 is 27.6 Å². The highest BCUT2D eigenvalue weighted by Crippen LogP contribution is 2.24. The minimum Gasteiger partial charge on any atom is -0.475 e. The molecule has 0 aromatic heterocycles. The zero-order valence-corrected chi connectivity index (χ0v) is 22.8. The highest BCUT2D eigenvalue weighted by atomic mass is 32.2. The van der Waals surface area contributed by atoms with Crippen LogP contribution in [0.3, 0.4) is 0 Å². The van der Waals surface area contributed by atoms with Crippen LogP contribution in [0.25, 0.3) is 11.1 Å². The van der Waals surface area contributed by atoms with E-state index in [-0.39, 0.29) is 10.8 Å². The Kier molecular flexibility index (Phi) is 9.93. The molecule has 1 fully saturated rings. The zero-order chi connectivity index (χ0) is 29.5. The largest absolute Gasteiger partial charge is 0.490 e. The van der Waals surface area contributed by atoms with Crippen molar-refractivity contribution in [2.45, 2.75) is 31.5 Å². The van der Waals surface area contributed by atoms with E-state index in [0.717, 1.165) is 49.4 Å². The van der Waals surface area contributed by atoms with Gasteiger partial charge < -0.3 is 10.0 Å². The van der Waals surface area contributed by atoms with Crippen molar-refractivity contribution in [3.8, 4) is 11.1 Å². The summed E-state index contributed by atoms with van der Waals surface area (Å²) in [6, 6.07) is 22.6. The normalized spacial score (nSPS) is 14.2. The van der Waals surface area contributed by atoms with E-state index in [2.05, 4.69) is 33.9 Å². The maximum atomic E-state index is 12.6. The third kappa shape index (κ3) is 8.82. The highest BCUT2D eigenvalue weighted by molar-refractivity contribution is 7.92. The standard InChI is InChI=1S/C26H29N3O3S.C2HF3O2/c1-20-3-13-26(14-4-20)33(31,32)27-25-11-9-24(10-12-25)23-7-5-22(6-8-23)19-28-15-17-29(18-16-28)21(2)30;3-2(4,5)1(6)7/h3-14,27H,15-19H2,1-2H3;(H,6,7). The summed E-state index contributed by atoms with van der Waals surface area (Å²) >= 11 is 0. The third-order valence-corrected chi connectivity index (χ3v) is 7.62. The third-order valence-electron chi connectivity index (χ3n) is 6.22. The molecule has 12 heteroatoms. The van der Waals surface area contributed by atoms with Crippen LogP contribution in [0.5, 0.6) is 0 Å². The van der Waals surface area contributed by atoms with E-state index in [1.807, 2.05) is 24.0 Å². The van der Waals surface area contributed by atoms with Crippen LogP contribution in [0, 0.1) is 6.92 Å². The van der Waals surface area contributed by atoms with Crippen molar-refractivity contribution < 1.29 is 36.3 Å². The minimum absolute atomic E-state index is 0.146. The second kappa shape index (κ2) is 13.0. The van der Waals surface area contributed by atoms with Crippen LogP contribution in [0.4, 0.5) is 18.9 Å². The fourth-order valence-corrected chi connectivity index (χ4v) is 5.00. The number of hydrogen-bond acceptors (Lipinski definition) is 5. The number of alkyl halides is 3. The van der Waals surface area contributed by atoms with Gasteiger partial charge in [-0.1, -0.05) is 54.1 Å². The number of hydrogen-bond donors (Lipinski definition) is 2. The number of anilines is 1. The van der Waals surface area contributed by atoms with Gasteiger partial charge >= 0.3 is 12.1 Å². The summed E-state index contributed by atoms with van der Waals surface area (Å²) in [4.78, 5) is 24.9. The molecule has 8 nitrogen and oxygen atoms in total. The van der Waals surface area contributed by atoms with Gasteiger partial charge in [0, 0.05) is 45.3 Å². The molecule has 40 heavy (non-hydrogen) atoms. The fraction of sp³-hybridized carbons (Fsp3) is 0.286. The number of carboxylic acids is 1. The molecule has 0 saturated carbocycles. The van der Waals surface area contributed by atoms with Gasteiger partial charge in [-0.05, 0) is 47.9 Å². The second-order valence-corrected chi connectivity index (χ2v) is 11.0. The van der Waals surface area contributed by atoms with Crippen LogP contribution in [0.2, 0.25) is 0 Å². The lowest BCUT2D eigenvalue weighted by molar-refractivity contribution is -0.192. The summed E-state index contributed by atoms with van der Waals surface area (Å²) in [7, 11) is -3.61. The first kappa shape index (κ1) is 30.6. The molecule has 0 atom stereocenters. The van der Waals surface area contributed by atoms with Crippen LogP contribution >= 0.6 is 0 Å². The van der Waals surface area contributed by atoms with Crippen LogP contribution in [0.15, 0.2) is 77.7 Å². The summed E-state index contributed by atoms with van der Waals surface area (Å²) in [5.41, 5.74) is 4.88. The van der Waals surface area contributed by atoms with E-state index >= 15 is 0 Å². The van der Waals surface area contributed by atoms with Crippen molar-refractivity contribution in [3.05, 3.63) is 83.9 Å². The zero-order valence-electron chi connectivity index (χ0n) is 22.0. The molecule has 0 spiro atoms. The Morgan fingerprint density at radius 3 is 1.77 bits per heavy atom. The van der Waals surface area contributed by atoms with Crippen molar-refractivity contribution in [2.75, 3.05) is 30.9 Å². The van der Waals surface area contributed by atoms with Gasteiger partial charge in [-0.2, -0.15) is 13.2 Å². The van der Waals surface area contributed by atoms with Crippen LogP contribution < -0.4 is 4.72 Å². The first-order valence-electron chi connectivity index (χ1n) is 12.3. The number of aliphatic carboxylic acids is 1. The van der Waals surface area contributed by atoms with Crippen molar-refractivity contribution in [2.24, 2.45) is 0 Å². The van der Waals surface area contributed by atoms with E-state index in [1.165, 1.54) is 5.56 Å². The Balaban J connectivity index is 0.000000559. The van der Waals surface area contributed by atoms with Gasteiger partial charge in [0.05, 0.1) is 4.90 Å². The van der Waals surface area contributed by atoms with E-state index in [9.17, 15) is 26.4 Å². The first-order chi connectivity index (χ1) is 18.7. The molecule has 0 aliphatic carbocycles. The first-order valence-corrected chi connectivity index (χ1v) is 13.8. The SMILES string of the molecule is CC(=O)N1CCN(Cc2ccc(-c3ccc(NS(=O)(=O)c4ccc(C)cc4)cc3)cc2)CC1.O=C(O)C(F)(F)F. The summed E-state index contributed by atoms with van der Waals surface area (Å²) in [5.74, 6) is -2.61. The molecule has 3 aromatic rings. The van der Waals surface area contributed by atoms with Crippen LogP contribution in [-0.4, -0.2) is 67.6 Å². The van der Waals surface area contributed by atoms with Crippen LogP contribution in [-0.2, 0) is 26.2 Å². The molecule has 1 amide bonds.